The minimum atomic E-state index is -0.122. The molecule has 1 amide bonds. The van der Waals surface area contributed by atoms with E-state index >= 15 is 0 Å². The van der Waals surface area contributed by atoms with Gasteiger partial charge in [-0.1, -0.05) is 6.92 Å². The zero-order chi connectivity index (χ0) is 12.4. The fourth-order valence-electron chi connectivity index (χ4n) is 2.10. The highest BCUT2D eigenvalue weighted by Crippen LogP contribution is 2.20. The summed E-state index contributed by atoms with van der Waals surface area (Å²) in [5.74, 6) is 1.26. The van der Waals surface area contributed by atoms with Crippen molar-refractivity contribution in [3.63, 3.8) is 0 Å². The first-order valence-corrected chi connectivity index (χ1v) is 5.83. The fraction of sp³-hybridized carbons (Fsp3) is 0.727. The monoisotopic (exact) mass is 238 g/mol. The van der Waals surface area contributed by atoms with Crippen molar-refractivity contribution < 1.29 is 9.53 Å². The molecule has 1 N–H and O–H groups in total. The van der Waals surface area contributed by atoms with E-state index in [2.05, 4.69) is 22.1 Å². The zero-order valence-corrected chi connectivity index (χ0v) is 10.4. The first-order chi connectivity index (χ1) is 8.11. The minimum absolute atomic E-state index is 0.104. The molecule has 2 heterocycles. The number of hydrogen-bond acceptors (Lipinski definition) is 4. The lowest BCUT2D eigenvalue weighted by molar-refractivity contribution is -0.00198. The normalized spacial score (nSPS) is 25.0. The summed E-state index contributed by atoms with van der Waals surface area (Å²) in [6, 6.07) is 0. The Morgan fingerprint density at radius 1 is 1.59 bits per heavy atom. The maximum Gasteiger partial charge on any atom is 0.293 e. The van der Waals surface area contributed by atoms with Crippen LogP contribution in [0.5, 0.6) is 0 Å². The third-order valence-corrected chi connectivity index (χ3v) is 3.27. The van der Waals surface area contributed by atoms with Gasteiger partial charge in [-0.25, -0.2) is 4.98 Å². The molecule has 0 aliphatic carbocycles. The molecule has 0 radical (unpaired) electrons. The first-order valence-electron chi connectivity index (χ1n) is 5.83. The van der Waals surface area contributed by atoms with Crippen molar-refractivity contribution in [2.24, 2.45) is 5.92 Å². The predicted octanol–water partition coefficient (Wildman–Crippen LogP) is 0.610. The van der Waals surface area contributed by atoms with Gasteiger partial charge in [0, 0.05) is 20.2 Å². The number of piperidine rings is 1. The maximum absolute atomic E-state index is 12.1. The maximum atomic E-state index is 12.1. The third-order valence-electron chi connectivity index (χ3n) is 3.27. The number of nitrogens with zero attached hydrogens (tertiary/aromatic N) is 3. The molecular formula is C11H18N4O2. The van der Waals surface area contributed by atoms with Gasteiger partial charge in [-0.15, -0.1) is 5.10 Å². The summed E-state index contributed by atoms with van der Waals surface area (Å²) in [5, 5.41) is 6.58. The summed E-state index contributed by atoms with van der Waals surface area (Å²) in [5.41, 5.74) is 0. The van der Waals surface area contributed by atoms with Gasteiger partial charge in [0.05, 0.1) is 6.10 Å². The van der Waals surface area contributed by atoms with Crippen molar-refractivity contribution in [1.82, 2.24) is 20.1 Å². The number of methoxy groups -OCH3 is 1. The molecule has 0 bridgehead atoms. The van der Waals surface area contributed by atoms with E-state index < -0.39 is 0 Å². The Kier molecular flexibility index (Phi) is 3.42. The van der Waals surface area contributed by atoms with Crippen LogP contribution in [-0.2, 0) is 4.74 Å². The molecule has 6 heteroatoms. The summed E-state index contributed by atoms with van der Waals surface area (Å²) < 4.78 is 5.38. The second-order valence-corrected chi connectivity index (χ2v) is 4.54. The lowest BCUT2D eigenvalue weighted by Crippen LogP contribution is -2.46. The lowest BCUT2D eigenvalue weighted by atomic mass is 9.96. The summed E-state index contributed by atoms with van der Waals surface area (Å²) in [6.45, 7) is 5.28. The second kappa shape index (κ2) is 4.83. The molecule has 2 unspecified atom stereocenters. The Labute approximate surface area is 100 Å². The van der Waals surface area contributed by atoms with Gasteiger partial charge in [-0.2, -0.15) is 0 Å². The average Bonchev–Trinajstić information content (AvgIpc) is 2.75. The highest BCUT2D eigenvalue weighted by atomic mass is 16.5. The molecule has 1 fully saturated rings. The van der Waals surface area contributed by atoms with Gasteiger partial charge in [-0.05, 0) is 19.3 Å². The average molecular weight is 238 g/mol. The van der Waals surface area contributed by atoms with Crippen LogP contribution in [0.2, 0.25) is 0 Å². The largest absolute Gasteiger partial charge is 0.379 e. The van der Waals surface area contributed by atoms with Gasteiger partial charge in [0.2, 0.25) is 5.82 Å². The highest BCUT2D eigenvalue weighted by Gasteiger charge is 2.30. The van der Waals surface area contributed by atoms with Crippen LogP contribution in [0.1, 0.15) is 29.8 Å². The van der Waals surface area contributed by atoms with Crippen LogP contribution in [0.4, 0.5) is 0 Å². The molecule has 94 valence electrons. The van der Waals surface area contributed by atoms with E-state index in [1.807, 2.05) is 0 Å². The van der Waals surface area contributed by atoms with Crippen LogP contribution in [0.3, 0.4) is 0 Å². The van der Waals surface area contributed by atoms with Crippen molar-refractivity contribution in [3.8, 4) is 0 Å². The molecule has 0 aromatic carbocycles. The quantitative estimate of drug-likeness (QED) is 0.819. The molecule has 1 aliphatic rings. The summed E-state index contributed by atoms with van der Waals surface area (Å²) in [6.07, 6.45) is 1.06. The molecule has 0 saturated carbocycles. The number of amides is 1. The van der Waals surface area contributed by atoms with Crippen LogP contribution in [0.15, 0.2) is 0 Å². The van der Waals surface area contributed by atoms with Gasteiger partial charge in [0.1, 0.15) is 5.82 Å². The predicted molar refractivity (Wildman–Crippen MR) is 61.6 cm³/mol. The summed E-state index contributed by atoms with van der Waals surface area (Å²) in [7, 11) is 1.69. The van der Waals surface area contributed by atoms with E-state index in [9.17, 15) is 4.79 Å². The van der Waals surface area contributed by atoms with E-state index in [-0.39, 0.29) is 17.8 Å². The Hall–Kier alpha value is -1.43. The standard InChI is InChI=1S/C11H18N4O2/c1-7-4-5-15(6-9(7)17-3)11(16)10-12-8(2)13-14-10/h7,9H,4-6H2,1-3H3,(H,12,13,14). The number of rotatable bonds is 2. The first kappa shape index (κ1) is 12.0. The van der Waals surface area contributed by atoms with Gasteiger partial charge < -0.3 is 9.64 Å². The molecule has 17 heavy (non-hydrogen) atoms. The smallest absolute Gasteiger partial charge is 0.293 e. The minimum Gasteiger partial charge on any atom is -0.379 e. The highest BCUT2D eigenvalue weighted by molar-refractivity contribution is 5.90. The zero-order valence-electron chi connectivity index (χ0n) is 10.4. The van der Waals surface area contributed by atoms with Crippen molar-refractivity contribution in [1.29, 1.82) is 0 Å². The number of likely N-dealkylation sites (tertiary alicyclic amines) is 1. The number of aryl methyl sites for hydroxylation is 1. The van der Waals surface area contributed by atoms with Crippen LogP contribution in [0, 0.1) is 12.8 Å². The number of aromatic nitrogens is 3. The molecule has 0 spiro atoms. The van der Waals surface area contributed by atoms with Crippen LogP contribution in [0.25, 0.3) is 0 Å². The van der Waals surface area contributed by atoms with Crippen molar-refractivity contribution >= 4 is 5.91 Å². The third kappa shape index (κ3) is 2.46. The summed E-state index contributed by atoms with van der Waals surface area (Å²) in [4.78, 5) is 17.9. The van der Waals surface area contributed by atoms with Gasteiger partial charge >= 0.3 is 0 Å². The van der Waals surface area contributed by atoms with Gasteiger partial charge in [0.25, 0.3) is 5.91 Å². The molecule has 1 aromatic rings. The SMILES string of the molecule is COC1CN(C(=O)c2n[nH]c(C)n2)CCC1C. The molecule has 1 saturated heterocycles. The number of nitrogens with one attached hydrogen (secondary N) is 1. The van der Waals surface area contributed by atoms with Crippen LogP contribution in [-0.4, -0.2) is 52.3 Å². The number of carbonyl (C=O) groups is 1. The molecule has 1 aromatic heterocycles. The van der Waals surface area contributed by atoms with E-state index in [1.165, 1.54) is 0 Å². The Morgan fingerprint density at radius 3 is 2.94 bits per heavy atom. The van der Waals surface area contributed by atoms with E-state index in [4.69, 9.17) is 4.74 Å². The van der Waals surface area contributed by atoms with E-state index in [1.54, 1.807) is 18.9 Å². The topological polar surface area (TPSA) is 71.1 Å². The van der Waals surface area contributed by atoms with Crippen molar-refractivity contribution in [2.75, 3.05) is 20.2 Å². The number of aromatic amines is 1. The molecular weight excluding hydrogens is 220 g/mol. The van der Waals surface area contributed by atoms with Gasteiger partial charge in [0.15, 0.2) is 0 Å². The Morgan fingerprint density at radius 2 is 2.35 bits per heavy atom. The second-order valence-electron chi connectivity index (χ2n) is 4.54. The Bertz CT molecular complexity index is 404. The van der Waals surface area contributed by atoms with E-state index in [0.29, 0.717) is 18.3 Å². The molecule has 6 nitrogen and oxygen atoms in total. The molecule has 2 atom stereocenters. The Balaban J connectivity index is 2.05. The number of H-pyrrole nitrogens is 1. The molecule has 2 rings (SSSR count). The van der Waals surface area contributed by atoms with Crippen LogP contribution >= 0.6 is 0 Å². The van der Waals surface area contributed by atoms with Gasteiger partial charge in [-0.3, -0.25) is 9.89 Å². The fourth-order valence-corrected chi connectivity index (χ4v) is 2.10. The van der Waals surface area contributed by atoms with Crippen LogP contribution < -0.4 is 0 Å². The van der Waals surface area contributed by atoms with Crippen molar-refractivity contribution in [3.05, 3.63) is 11.6 Å². The number of ether oxygens (including phenoxy) is 1. The van der Waals surface area contributed by atoms with Crippen molar-refractivity contribution in [2.45, 2.75) is 26.4 Å². The van der Waals surface area contributed by atoms with E-state index in [0.717, 1.165) is 13.0 Å². The molecule has 1 aliphatic heterocycles. The summed E-state index contributed by atoms with van der Waals surface area (Å²) >= 11 is 0. The number of hydrogen-bond donors (Lipinski definition) is 1. The number of carbonyl (C=O) groups excluding carboxylic acids is 1. The lowest BCUT2D eigenvalue weighted by Gasteiger charge is -2.35.